The fraction of sp³-hybridized carbons (Fsp3) is 0.450. The molecule has 2 heterocycles. The van der Waals surface area contributed by atoms with Gasteiger partial charge in [0, 0.05) is 0 Å². The van der Waals surface area contributed by atoms with Crippen molar-refractivity contribution in [2.45, 2.75) is 64.2 Å². The molecule has 0 spiro atoms. The van der Waals surface area contributed by atoms with Crippen molar-refractivity contribution in [2.75, 3.05) is 0 Å². The standard InChI is InChI=1S/C20H26N4O3S/c1-12(2)15-7-8-17(19(14(5)6)18(15)13(3)4)28(25,26)27-24-11-23-20-16(24)9-21-10-22-20/h7-14H,1-6H3. The topological polar surface area (TPSA) is 87.0 Å². The van der Waals surface area contributed by atoms with Crippen molar-refractivity contribution in [3.05, 3.63) is 47.7 Å². The first-order valence-electron chi connectivity index (χ1n) is 9.38. The van der Waals surface area contributed by atoms with Crippen LogP contribution in [0.4, 0.5) is 0 Å². The van der Waals surface area contributed by atoms with Crippen LogP contribution in [0.5, 0.6) is 0 Å². The molecule has 0 atom stereocenters. The molecule has 0 amide bonds. The molecule has 0 aliphatic rings. The molecule has 7 nitrogen and oxygen atoms in total. The van der Waals surface area contributed by atoms with Crippen LogP contribution < -0.4 is 4.28 Å². The van der Waals surface area contributed by atoms with Crippen LogP contribution in [0.15, 0.2) is 35.9 Å². The van der Waals surface area contributed by atoms with Gasteiger partial charge >= 0.3 is 10.1 Å². The van der Waals surface area contributed by atoms with E-state index in [0.717, 1.165) is 15.9 Å². The average molecular weight is 403 g/mol. The second-order valence-corrected chi connectivity index (χ2v) is 9.27. The summed E-state index contributed by atoms with van der Waals surface area (Å²) in [6.07, 6.45) is 4.11. The highest BCUT2D eigenvalue weighted by atomic mass is 32.2. The number of benzene rings is 1. The predicted molar refractivity (Wildman–Crippen MR) is 108 cm³/mol. The molecule has 0 bridgehead atoms. The third-order valence-electron chi connectivity index (χ3n) is 4.70. The van der Waals surface area contributed by atoms with E-state index in [1.165, 1.54) is 24.4 Å². The lowest BCUT2D eigenvalue weighted by atomic mass is 9.83. The maximum Gasteiger partial charge on any atom is 0.357 e. The summed E-state index contributed by atoms with van der Waals surface area (Å²) in [5, 5.41) is 0. The molecule has 3 aromatic rings. The van der Waals surface area contributed by atoms with Gasteiger partial charge in [0.05, 0.1) is 6.20 Å². The Kier molecular flexibility index (Phi) is 5.43. The van der Waals surface area contributed by atoms with Crippen molar-refractivity contribution < 1.29 is 12.7 Å². The number of hydrogen-bond acceptors (Lipinski definition) is 6. The summed E-state index contributed by atoms with van der Waals surface area (Å²) in [5.74, 6) is 0.502. The summed E-state index contributed by atoms with van der Waals surface area (Å²) in [6.45, 7) is 12.4. The number of aromatic nitrogens is 4. The van der Waals surface area contributed by atoms with Gasteiger partial charge in [0.2, 0.25) is 0 Å². The maximum absolute atomic E-state index is 13.2. The second kappa shape index (κ2) is 7.50. The molecule has 0 aliphatic heterocycles. The molecule has 0 aliphatic carbocycles. The molecule has 0 fully saturated rings. The Morgan fingerprint density at radius 1 is 0.929 bits per heavy atom. The van der Waals surface area contributed by atoms with E-state index in [1.807, 2.05) is 19.9 Å². The number of hydrogen-bond donors (Lipinski definition) is 0. The Balaban J connectivity index is 2.17. The van der Waals surface area contributed by atoms with Crippen molar-refractivity contribution in [1.29, 1.82) is 0 Å². The van der Waals surface area contributed by atoms with Crippen LogP contribution in [0.1, 0.15) is 76.0 Å². The molecule has 3 rings (SSSR count). The highest BCUT2D eigenvalue weighted by molar-refractivity contribution is 7.87. The highest BCUT2D eigenvalue weighted by Gasteiger charge is 2.28. The summed E-state index contributed by atoms with van der Waals surface area (Å²) in [7, 11) is -4.08. The third-order valence-corrected chi connectivity index (χ3v) is 5.95. The van der Waals surface area contributed by atoms with Gasteiger partial charge in [-0.2, -0.15) is 8.42 Å². The summed E-state index contributed by atoms with van der Waals surface area (Å²) in [4.78, 5) is 12.2. The van der Waals surface area contributed by atoms with E-state index < -0.39 is 10.1 Å². The average Bonchev–Trinajstić information content (AvgIpc) is 3.02. The molecule has 0 saturated carbocycles. The lowest BCUT2D eigenvalue weighted by Crippen LogP contribution is -2.22. The normalized spacial score (nSPS) is 12.5. The van der Waals surface area contributed by atoms with Crippen molar-refractivity contribution in [1.82, 2.24) is 19.7 Å². The van der Waals surface area contributed by atoms with Crippen LogP contribution in [-0.2, 0) is 10.1 Å². The smallest absolute Gasteiger partial charge is 0.282 e. The van der Waals surface area contributed by atoms with Gasteiger partial charge in [-0.3, -0.25) is 4.28 Å². The van der Waals surface area contributed by atoms with Crippen molar-refractivity contribution in [3.63, 3.8) is 0 Å². The van der Waals surface area contributed by atoms with Crippen molar-refractivity contribution in [3.8, 4) is 0 Å². The Morgan fingerprint density at radius 2 is 1.61 bits per heavy atom. The second-order valence-electron chi connectivity index (χ2n) is 7.77. The first-order chi connectivity index (χ1) is 13.1. The van der Waals surface area contributed by atoms with Crippen LogP contribution >= 0.6 is 0 Å². The molecule has 8 heteroatoms. The molecule has 1 aromatic carbocycles. The molecule has 0 saturated heterocycles. The molecule has 28 heavy (non-hydrogen) atoms. The van der Waals surface area contributed by atoms with Gasteiger partial charge in [0.15, 0.2) is 5.65 Å². The van der Waals surface area contributed by atoms with E-state index in [9.17, 15) is 8.42 Å². The summed E-state index contributed by atoms with van der Waals surface area (Å²) < 4.78 is 32.9. The molecule has 2 aromatic heterocycles. The SMILES string of the molecule is CC(C)c1ccc(S(=O)(=O)On2cnc3ncncc32)c(C(C)C)c1C(C)C. The predicted octanol–water partition coefficient (Wildman–Crippen LogP) is 4.01. The lowest BCUT2D eigenvalue weighted by Gasteiger charge is -2.25. The molecular weight excluding hydrogens is 376 g/mol. The van der Waals surface area contributed by atoms with E-state index in [0.29, 0.717) is 17.1 Å². The minimum atomic E-state index is -4.08. The number of nitrogens with zero attached hydrogens (tertiary/aromatic N) is 4. The summed E-state index contributed by atoms with van der Waals surface area (Å²) >= 11 is 0. The Hall–Kier alpha value is -2.48. The van der Waals surface area contributed by atoms with Gasteiger partial charge in [-0.15, -0.1) is 4.73 Å². The minimum Gasteiger partial charge on any atom is -0.282 e. The number of rotatable bonds is 6. The van der Waals surface area contributed by atoms with Crippen LogP contribution in [0.2, 0.25) is 0 Å². The zero-order valence-electron chi connectivity index (χ0n) is 17.0. The molecule has 0 unspecified atom stereocenters. The van der Waals surface area contributed by atoms with E-state index in [-0.39, 0.29) is 16.7 Å². The van der Waals surface area contributed by atoms with Gasteiger partial charge in [-0.25, -0.2) is 15.0 Å². The van der Waals surface area contributed by atoms with Crippen LogP contribution in [0.25, 0.3) is 11.2 Å². The number of imidazole rings is 1. The molecule has 0 radical (unpaired) electrons. The molecule has 150 valence electrons. The van der Waals surface area contributed by atoms with Crippen LogP contribution in [-0.4, -0.2) is 28.1 Å². The monoisotopic (exact) mass is 402 g/mol. The van der Waals surface area contributed by atoms with Gasteiger partial charge < -0.3 is 0 Å². The van der Waals surface area contributed by atoms with Crippen LogP contribution in [0, 0.1) is 0 Å². The van der Waals surface area contributed by atoms with Gasteiger partial charge in [-0.1, -0.05) is 47.6 Å². The van der Waals surface area contributed by atoms with Crippen molar-refractivity contribution >= 4 is 21.3 Å². The van der Waals surface area contributed by atoms with E-state index in [2.05, 4.69) is 42.6 Å². The Bertz CT molecular complexity index is 1100. The first kappa shape index (κ1) is 20.3. The van der Waals surface area contributed by atoms with E-state index in [1.54, 1.807) is 6.07 Å². The van der Waals surface area contributed by atoms with Gasteiger partial charge in [0.25, 0.3) is 0 Å². The van der Waals surface area contributed by atoms with Crippen molar-refractivity contribution in [2.24, 2.45) is 0 Å². The lowest BCUT2D eigenvalue weighted by molar-refractivity contribution is 0.290. The molecule has 0 N–H and O–H groups in total. The maximum atomic E-state index is 13.2. The molecular formula is C20H26N4O3S. The Morgan fingerprint density at radius 3 is 2.21 bits per heavy atom. The Labute approximate surface area is 165 Å². The third kappa shape index (κ3) is 3.61. The van der Waals surface area contributed by atoms with Gasteiger partial charge in [0.1, 0.15) is 23.1 Å². The fourth-order valence-electron chi connectivity index (χ4n) is 3.54. The quantitative estimate of drug-likeness (QED) is 0.619. The van der Waals surface area contributed by atoms with E-state index >= 15 is 0 Å². The zero-order valence-corrected chi connectivity index (χ0v) is 17.9. The summed E-state index contributed by atoms with van der Waals surface area (Å²) in [6, 6.07) is 3.55. The minimum absolute atomic E-state index is 0.0207. The number of fused-ring (bicyclic) bond motifs is 1. The van der Waals surface area contributed by atoms with E-state index in [4.69, 9.17) is 4.28 Å². The summed E-state index contributed by atoms with van der Waals surface area (Å²) in [5.41, 5.74) is 3.81. The largest absolute Gasteiger partial charge is 0.357 e. The van der Waals surface area contributed by atoms with Crippen LogP contribution in [0.3, 0.4) is 0 Å². The van der Waals surface area contributed by atoms with Gasteiger partial charge in [-0.05, 0) is 40.5 Å². The highest BCUT2D eigenvalue weighted by Crippen LogP contribution is 2.37. The fourth-order valence-corrected chi connectivity index (χ4v) is 4.80. The zero-order chi connectivity index (χ0) is 20.6. The first-order valence-corrected chi connectivity index (χ1v) is 10.8.